The Kier molecular flexibility index (Phi) is 11.0. The number of hydrogen-bond acceptors (Lipinski definition) is 6. The molecule has 3 amide bonds. The quantitative estimate of drug-likeness (QED) is 0.248. The van der Waals surface area contributed by atoms with Crippen LogP contribution in [0.4, 0.5) is 0 Å². The maximum Gasteiger partial charge on any atom is 0.326 e. The van der Waals surface area contributed by atoms with Crippen LogP contribution in [0.15, 0.2) is 30.3 Å². The van der Waals surface area contributed by atoms with Gasteiger partial charge in [0.2, 0.25) is 17.7 Å². The molecule has 7 N–H and O–H groups in total. The van der Waals surface area contributed by atoms with Crippen LogP contribution in [0.3, 0.4) is 0 Å². The number of carboxylic acid groups (broad SMARTS) is 1. The monoisotopic (exact) mass is 464 g/mol. The van der Waals surface area contributed by atoms with Crippen LogP contribution >= 0.6 is 0 Å². The van der Waals surface area contributed by atoms with Gasteiger partial charge >= 0.3 is 5.97 Å². The Morgan fingerprint density at radius 2 is 1.33 bits per heavy atom. The number of aliphatic hydroxyl groups excluding tert-OH is 1. The van der Waals surface area contributed by atoms with Crippen molar-refractivity contribution < 1.29 is 29.4 Å². The van der Waals surface area contributed by atoms with E-state index in [1.165, 1.54) is 6.92 Å². The maximum absolute atomic E-state index is 12.9. The molecule has 5 unspecified atom stereocenters. The van der Waals surface area contributed by atoms with Crippen molar-refractivity contribution in [2.75, 3.05) is 0 Å². The topological polar surface area (TPSA) is 171 Å². The van der Waals surface area contributed by atoms with Gasteiger partial charge in [-0.3, -0.25) is 14.4 Å². The summed E-state index contributed by atoms with van der Waals surface area (Å²) in [6.45, 7) is 8.27. The number of rotatable bonds is 12. The van der Waals surface area contributed by atoms with E-state index in [9.17, 15) is 29.4 Å². The van der Waals surface area contributed by atoms with Crippen LogP contribution in [-0.4, -0.2) is 64.2 Å². The minimum atomic E-state index is -1.42. The number of nitrogens with one attached hydrogen (secondary N) is 3. The Balaban J connectivity index is 2.94. The van der Waals surface area contributed by atoms with Gasteiger partial charge in [0.05, 0.1) is 12.1 Å². The average Bonchev–Trinajstić information content (AvgIpc) is 2.74. The highest BCUT2D eigenvalue weighted by Crippen LogP contribution is 2.08. The summed E-state index contributed by atoms with van der Waals surface area (Å²) in [5.41, 5.74) is 6.55. The lowest BCUT2D eigenvalue weighted by atomic mass is 9.99. The predicted octanol–water partition coefficient (Wildman–Crippen LogP) is -0.212. The zero-order valence-electron chi connectivity index (χ0n) is 19.7. The number of carbonyl (C=O) groups excluding carboxylic acids is 3. The van der Waals surface area contributed by atoms with Crippen molar-refractivity contribution in [2.45, 2.75) is 71.3 Å². The van der Waals surface area contributed by atoms with Gasteiger partial charge in [-0.05, 0) is 24.3 Å². The van der Waals surface area contributed by atoms with E-state index in [1.807, 2.05) is 0 Å². The van der Waals surface area contributed by atoms with Gasteiger partial charge < -0.3 is 31.9 Å². The van der Waals surface area contributed by atoms with Gasteiger partial charge in [-0.15, -0.1) is 0 Å². The first-order valence-corrected chi connectivity index (χ1v) is 11.0. The van der Waals surface area contributed by atoms with Gasteiger partial charge in [0.25, 0.3) is 0 Å². The zero-order chi connectivity index (χ0) is 25.3. The van der Waals surface area contributed by atoms with E-state index < -0.39 is 54.0 Å². The van der Waals surface area contributed by atoms with Crippen molar-refractivity contribution in [3.63, 3.8) is 0 Å². The molecule has 10 nitrogen and oxygen atoms in total. The number of benzene rings is 1. The first-order valence-electron chi connectivity index (χ1n) is 11.0. The molecule has 0 bridgehead atoms. The second-order valence-corrected chi connectivity index (χ2v) is 8.82. The van der Waals surface area contributed by atoms with Crippen molar-refractivity contribution in [2.24, 2.45) is 17.6 Å². The van der Waals surface area contributed by atoms with E-state index in [1.54, 1.807) is 58.0 Å². The van der Waals surface area contributed by atoms with E-state index in [2.05, 4.69) is 16.0 Å². The number of carbonyl (C=O) groups is 4. The van der Waals surface area contributed by atoms with Crippen LogP contribution in [0.2, 0.25) is 0 Å². The first-order chi connectivity index (χ1) is 15.3. The van der Waals surface area contributed by atoms with Gasteiger partial charge in [0, 0.05) is 6.42 Å². The Morgan fingerprint density at radius 1 is 0.818 bits per heavy atom. The Bertz CT molecular complexity index is 812. The highest BCUT2D eigenvalue weighted by atomic mass is 16.4. The molecule has 1 aromatic carbocycles. The number of aliphatic carboxylic acids is 1. The largest absolute Gasteiger partial charge is 0.480 e. The summed E-state index contributed by atoms with van der Waals surface area (Å²) in [5.74, 6) is -3.78. The predicted molar refractivity (Wildman–Crippen MR) is 123 cm³/mol. The molecule has 0 aliphatic heterocycles. The van der Waals surface area contributed by atoms with E-state index in [0.717, 1.165) is 0 Å². The third-order valence-corrected chi connectivity index (χ3v) is 5.23. The average molecular weight is 465 g/mol. The number of amides is 3. The van der Waals surface area contributed by atoms with Crippen LogP contribution in [-0.2, 0) is 25.6 Å². The lowest BCUT2D eigenvalue weighted by Gasteiger charge is -2.28. The summed E-state index contributed by atoms with van der Waals surface area (Å²) in [7, 11) is 0. The molecule has 1 aromatic rings. The third kappa shape index (κ3) is 8.82. The van der Waals surface area contributed by atoms with E-state index in [-0.39, 0.29) is 18.3 Å². The summed E-state index contributed by atoms with van der Waals surface area (Å²) in [6.07, 6.45) is -1.29. The molecule has 0 radical (unpaired) electrons. The van der Waals surface area contributed by atoms with Crippen molar-refractivity contribution in [3.8, 4) is 0 Å². The molecule has 1 rings (SSSR count). The highest BCUT2D eigenvalue weighted by molar-refractivity contribution is 5.94. The minimum absolute atomic E-state index is 0.0279. The van der Waals surface area contributed by atoms with Gasteiger partial charge in [0.1, 0.15) is 18.1 Å². The number of carboxylic acids is 1. The Morgan fingerprint density at radius 3 is 1.79 bits per heavy atom. The normalized spacial score (nSPS) is 15.8. The summed E-state index contributed by atoms with van der Waals surface area (Å²) >= 11 is 0. The summed E-state index contributed by atoms with van der Waals surface area (Å²) in [5, 5.41) is 27.0. The molecule has 184 valence electrons. The Hall–Kier alpha value is -2.98. The summed E-state index contributed by atoms with van der Waals surface area (Å²) in [4.78, 5) is 49.7. The zero-order valence-corrected chi connectivity index (χ0v) is 19.7. The van der Waals surface area contributed by atoms with E-state index in [4.69, 9.17) is 5.73 Å². The molecule has 0 aromatic heterocycles. The first kappa shape index (κ1) is 28.1. The van der Waals surface area contributed by atoms with Crippen LogP contribution < -0.4 is 21.7 Å². The van der Waals surface area contributed by atoms with Gasteiger partial charge in [-0.25, -0.2) is 4.79 Å². The number of nitrogens with two attached hydrogens (primary N) is 1. The fraction of sp³-hybridized carbons (Fsp3) is 0.565. The molecular weight excluding hydrogens is 428 g/mol. The van der Waals surface area contributed by atoms with Gasteiger partial charge in [0.15, 0.2) is 0 Å². The maximum atomic E-state index is 12.9. The third-order valence-electron chi connectivity index (χ3n) is 5.23. The fourth-order valence-electron chi connectivity index (χ4n) is 3.05. The molecule has 0 saturated carbocycles. The summed E-state index contributed by atoms with van der Waals surface area (Å²) < 4.78 is 0. The van der Waals surface area contributed by atoms with Crippen molar-refractivity contribution in [1.82, 2.24) is 16.0 Å². The number of aliphatic hydroxyl groups is 1. The second kappa shape index (κ2) is 12.9. The van der Waals surface area contributed by atoms with Gasteiger partial charge in [-0.2, -0.15) is 0 Å². The van der Waals surface area contributed by atoms with Crippen molar-refractivity contribution in [1.29, 1.82) is 0 Å². The molecule has 0 heterocycles. The standard InChI is InChI=1S/C23H36N4O6/c1-12(2)17(24)20(29)26-18(13(3)4)21(30)27-19(14(5)28)22(31)25-16(23(32)33)11-15-9-7-6-8-10-15/h6-10,12-14,16-19,28H,11,24H2,1-5H3,(H,25,31)(H,26,29)(H,27,30)(H,32,33). The van der Waals surface area contributed by atoms with Crippen molar-refractivity contribution in [3.05, 3.63) is 35.9 Å². The molecule has 0 aliphatic rings. The highest BCUT2D eigenvalue weighted by Gasteiger charge is 2.34. The summed E-state index contributed by atoms with van der Waals surface area (Å²) in [6, 6.07) is 4.24. The van der Waals surface area contributed by atoms with Crippen LogP contribution in [0.5, 0.6) is 0 Å². The minimum Gasteiger partial charge on any atom is -0.480 e. The Labute approximate surface area is 194 Å². The smallest absolute Gasteiger partial charge is 0.326 e. The molecule has 5 atom stereocenters. The molecule has 33 heavy (non-hydrogen) atoms. The SMILES string of the molecule is CC(C)C(N)C(=O)NC(C(=O)NC(C(=O)NC(Cc1ccccc1)C(=O)O)C(C)O)C(C)C. The second-order valence-electron chi connectivity index (χ2n) is 8.82. The molecule has 10 heteroatoms. The van der Waals surface area contributed by atoms with E-state index >= 15 is 0 Å². The van der Waals surface area contributed by atoms with E-state index in [0.29, 0.717) is 5.56 Å². The van der Waals surface area contributed by atoms with Crippen LogP contribution in [0, 0.1) is 11.8 Å². The van der Waals surface area contributed by atoms with Gasteiger partial charge in [-0.1, -0.05) is 58.0 Å². The molecular formula is C23H36N4O6. The fourth-order valence-corrected chi connectivity index (χ4v) is 3.05. The lowest BCUT2D eigenvalue weighted by molar-refractivity contribution is -0.143. The molecule has 0 spiro atoms. The van der Waals surface area contributed by atoms with Crippen LogP contribution in [0.1, 0.15) is 40.2 Å². The van der Waals surface area contributed by atoms with Crippen LogP contribution in [0.25, 0.3) is 0 Å². The molecule has 0 aliphatic carbocycles. The number of hydrogen-bond donors (Lipinski definition) is 6. The molecule has 0 saturated heterocycles. The molecule has 0 fully saturated rings. The lowest BCUT2D eigenvalue weighted by Crippen LogP contribution is -2.61. The van der Waals surface area contributed by atoms with Crippen molar-refractivity contribution >= 4 is 23.7 Å².